The van der Waals surface area contributed by atoms with E-state index < -0.39 is 12.1 Å². The summed E-state index contributed by atoms with van der Waals surface area (Å²) in [4.78, 5) is 12.4. The van der Waals surface area contributed by atoms with Gasteiger partial charge in [-0.25, -0.2) is 0 Å². The maximum atomic E-state index is 10.3. The summed E-state index contributed by atoms with van der Waals surface area (Å²) in [5.74, 6) is -0.491. The van der Waals surface area contributed by atoms with Crippen molar-refractivity contribution in [2.75, 3.05) is 33.4 Å². The maximum absolute atomic E-state index is 10.3. The molecule has 0 aromatic heterocycles. The van der Waals surface area contributed by atoms with Crippen LogP contribution in [0.3, 0.4) is 0 Å². The fourth-order valence-electron chi connectivity index (χ4n) is 1.75. The molecule has 1 saturated heterocycles. The highest BCUT2D eigenvalue weighted by molar-refractivity contribution is 5.67. The van der Waals surface area contributed by atoms with E-state index in [1.807, 2.05) is 4.90 Å². The van der Waals surface area contributed by atoms with Crippen LogP contribution in [-0.4, -0.2) is 60.5 Å². The van der Waals surface area contributed by atoms with Crippen LogP contribution in [0.1, 0.15) is 6.42 Å². The van der Waals surface area contributed by atoms with Gasteiger partial charge in [0.25, 0.3) is 0 Å². The smallest absolute Gasteiger partial charge is 0.303 e. The van der Waals surface area contributed by atoms with E-state index in [2.05, 4.69) is 0 Å². The molecule has 0 saturated carbocycles. The Morgan fingerprint density at radius 2 is 2.29 bits per heavy atom. The molecular formula is C9H17NO4. The number of likely N-dealkylation sites (tertiary alicyclic amines) is 1. The Labute approximate surface area is 83.3 Å². The van der Waals surface area contributed by atoms with Crippen molar-refractivity contribution in [2.24, 2.45) is 5.92 Å². The molecule has 1 aliphatic heterocycles. The van der Waals surface area contributed by atoms with Gasteiger partial charge in [0, 0.05) is 26.7 Å². The van der Waals surface area contributed by atoms with Gasteiger partial charge in [-0.15, -0.1) is 0 Å². The Kier molecular flexibility index (Phi) is 4.31. The Hall–Kier alpha value is -0.650. The molecule has 0 aromatic rings. The monoisotopic (exact) mass is 203 g/mol. The second-order valence-electron chi connectivity index (χ2n) is 3.79. The first-order chi connectivity index (χ1) is 6.61. The van der Waals surface area contributed by atoms with Crippen LogP contribution in [-0.2, 0) is 9.53 Å². The van der Waals surface area contributed by atoms with E-state index in [1.54, 1.807) is 7.11 Å². The first-order valence-electron chi connectivity index (χ1n) is 4.73. The van der Waals surface area contributed by atoms with Gasteiger partial charge < -0.3 is 14.9 Å². The number of hydrogen-bond acceptors (Lipinski definition) is 4. The number of aliphatic carboxylic acids is 1. The minimum Gasteiger partial charge on any atom is -0.481 e. The zero-order valence-corrected chi connectivity index (χ0v) is 8.35. The Balaban J connectivity index is 2.06. The predicted molar refractivity (Wildman–Crippen MR) is 50.1 cm³/mol. The van der Waals surface area contributed by atoms with Crippen LogP contribution in [0.5, 0.6) is 0 Å². The standard InChI is InChI=1S/C9H17NO4/c1-14-6-8(11)5-10-3-7(4-10)2-9(12)13/h7-8,11H,2-6H2,1H3,(H,12,13). The summed E-state index contributed by atoms with van der Waals surface area (Å²) in [5, 5.41) is 17.9. The number of rotatable bonds is 6. The van der Waals surface area contributed by atoms with Crippen molar-refractivity contribution in [3.63, 3.8) is 0 Å². The SMILES string of the molecule is COCC(O)CN1CC(CC(=O)O)C1. The fraction of sp³-hybridized carbons (Fsp3) is 0.889. The van der Waals surface area contributed by atoms with Crippen molar-refractivity contribution in [1.82, 2.24) is 4.90 Å². The van der Waals surface area contributed by atoms with Gasteiger partial charge in [-0.3, -0.25) is 9.69 Å². The highest BCUT2D eigenvalue weighted by Crippen LogP contribution is 2.18. The largest absolute Gasteiger partial charge is 0.481 e. The van der Waals surface area contributed by atoms with Crippen LogP contribution in [0, 0.1) is 5.92 Å². The number of carboxylic acid groups (broad SMARTS) is 1. The third kappa shape index (κ3) is 3.61. The summed E-state index contributed by atoms with van der Waals surface area (Å²) in [5.41, 5.74) is 0. The molecule has 82 valence electrons. The molecule has 1 atom stereocenters. The lowest BCUT2D eigenvalue weighted by molar-refractivity contribution is -0.139. The normalized spacial score (nSPS) is 20.4. The highest BCUT2D eigenvalue weighted by Gasteiger charge is 2.29. The minimum atomic E-state index is -0.743. The number of methoxy groups -OCH3 is 1. The number of carbonyl (C=O) groups is 1. The van der Waals surface area contributed by atoms with E-state index in [9.17, 15) is 9.90 Å². The molecule has 1 aliphatic rings. The molecule has 1 unspecified atom stereocenters. The molecule has 1 rings (SSSR count). The van der Waals surface area contributed by atoms with E-state index in [-0.39, 0.29) is 12.3 Å². The number of ether oxygens (including phenoxy) is 1. The molecule has 0 amide bonds. The van der Waals surface area contributed by atoms with Crippen molar-refractivity contribution in [2.45, 2.75) is 12.5 Å². The molecule has 5 nitrogen and oxygen atoms in total. The van der Waals surface area contributed by atoms with E-state index in [1.165, 1.54) is 0 Å². The van der Waals surface area contributed by atoms with Crippen molar-refractivity contribution in [3.8, 4) is 0 Å². The van der Waals surface area contributed by atoms with Gasteiger partial charge in [-0.1, -0.05) is 0 Å². The van der Waals surface area contributed by atoms with Gasteiger partial charge >= 0.3 is 5.97 Å². The van der Waals surface area contributed by atoms with Gasteiger partial charge in [0.05, 0.1) is 19.1 Å². The Morgan fingerprint density at radius 3 is 2.79 bits per heavy atom. The second kappa shape index (κ2) is 5.29. The van der Waals surface area contributed by atoms with Crippen molar-refractivity contribution >= 4 is 5.97 Å². The van der Waals surface area contributed by atoms with Crippen LogP contribution < -0.4 is 0 Å². The van der Waals surface area contributed by atoms with E-state index in [4.69, 9.17) is 9.84 Å². The molecule has 1 fully saturated rings. The van der Waals surface area contributed by atoms with Crippen LogP contribution in [0.15, 0.2) is 0 Å². The number of aliphatic hydroxyl groups excluding tert-OH is 1. The van der Waals surface area contributed by atoms with Gasteiger partial charge in [0.15, 0.2) is 0 Å². The van der Waals surface area contributed by atoms with Gasteiger partial charge in [-0.05, 0) is 5.92 Å². The molecule has 2 N–H and O–H groups in total. The van der Waals surface area contributed by atoms with Crippen molar-refractivity contribution in [3.05, 3.63) is 0 Å². The molecule has 0 aromatic carbocycles. The van der Waals surface area contributed by atoms with Gasteiger partial charge in [0.2, 0.25) is 0 Å². The fourth-order valence-corrected chi connectivity index (χ4v) is 1.75. The van der Waals surface area contributed by atoms with Crippen LogP contribution in [0.25, 0.3) is 0 Å². The Bertz CT molecular complexity index is 191. The number of carboxylic acids is 1. The summed E-state index contributed by atoms with van der Waals surface area (Å²) in [6, 6.07) is 0. The van der Waals surface area contributed by atoms with E-state index >= 15 is 0 Å². The van der Waals surface area contributed by atoms with Crippen molar-refractivity contribution < 1.29 is 19.7 Å². The summed E-state index contributed by atoms with van der Waals surface area (Å²) in [6.45, 7) is 2.45. The van der Waals surface area contributed by atoms with Crippen molar-refractivity contribution in [1.29, 1.82) is 0 Å². The predicted octanol–water partition coefficient (Wildman–Crippen LogP) is -0.600. The molecule has 0 radical (unpaired) electrons. The first kappa shape index (κ1) is 11.4. The zero-order valence-electron chi connectivity index (χ0n) is 8.35. The van der Waals surface area contributed by atoms with Crippen LogP contribution >= 0.6 is 0 Å². The second-order valence-corrected chi connectivity index (χ2v) is 3.79. The summed E-state index contributed by atoms with van der Waals surface area (Å²) in [6.07, 6.45) is -0.234. The molecule has 0 spiro atoms. The lowest BCUT2D eigenvalue weighted by atomic mass is 9.96. The lowest BCUT2D eigenvalue weighted by Gasteiger charge is -2.39. The molecule has 0 bridgehead atoms. The molecule has 0 aliphatic carbocycles. The molecular weight excluding hydrogens is 186 g/mol. The lowest BCUT2D eigenvalue weighted by Crippen LogP contribution is -2.50. The van der Waals surface area contributed by atoms with Crippen LogP contribution in [0.4, 0.5) is 0 Å². The Morgan fingerprint density at radius 1 is 1.64 bits per heavy atom. The molecule has 5 heteroatoms. The number of β-amino-alcohol motifs (C(OH)–C–C–N with tert-alkyl or cyclic N) is 1. The maximum Gasteiger partial charge on any atom is 0.303 e. The molecule has 1 heterocycles. The molecule has 14 heavy (non-hydrogen) atoms. The zero-order chi connectivity index (χ0) is 10.6. The summed E-state index contributed by atoms with van der Waals surface area (Å²) < 4.78 is 4.79. The highest BCUT2D eigenvalue weighted by atomic mass is 16.5. The van der Waals surface area contributed by atoms with Crippen LogP contribution in [0.2, 0.25) is 0 Å². The summed E-state index contributed by atoms with van der Waals surface area (Å²) >= 11 is 0. The minimum absolute atomic E-state index is 0.233. The van der Waals surface area contributed by atoms with E-state index in [0.717, 1.165) is 13.1 Å². The topological polar surface area (TPSA) is 70.0 Å². The van der Waals surface area contributed by atoms with Gasteiger partial charge in [-0.2, -0.15) is 0 Å². The average molecular weight is 203 g/mol. The quantitative estimate of drug-likeness (QED) is 0.603. The van der Waals surface area contributed by atoms with E-state index in [0.29, 0.717) is 13.2 Å². The average Bonchev–Trinajstić information content (AvgIpc) is 2.00. The number of nitrogens with zero attached hydrogens (tertiary/aromatic N) is 1. The van der Waals surface area contributed by atoms with Gasteiger partial charge in [0.1, 0.15) is 0 Å². The third-order valence-electron chi connectivity index (χ3n) is 2.32. The number of aliphatic hydroxyl groups is 1. The summed E-state index contributed by atoms with van der Waals surface area (Å²) in [7, 11) is 1.55. The first-order valence-corrected chi connectivity index (χ1v) is 4.73. The third-order valence-corrected chi connectivity index (χ3v) is 2.32. The number of hydrogen-bond donors (Lipinski definition) is 2.